The van der Waals surface area contributed by atoms with Crippen LogP contribution in [0.3, 0.4) is 0 Å². The van der Waals surface area contributed by atoms with E-state index in [2.05, 4.69) is 20.0 Å². The molecule has 2 aromatic heterocycles. The number of nitrogens with zero attached hydrogens (tertiary/aromatic N) is 6. The zero-order chi connectivity index (χ0) is 18.3. The second-order valence-electron chi connectivity index (χ2n) is 6.08. The largest absolute Gasteiger partial charge is 0.354 e. The molecule has 3 heterocycles. The molecule has 4 rings (SSSR count). The number of benzene rings is 1. The van der Waals surface area contributed by atoms with Gasteiger partial charge < -0.3 is 4.90 Å². The van der Waals surface area contributed by atoms with Crippen molar-refractivity contribution in [3.63, 3.8) is 0 Å². The molecule has 0 radical (unpaired) electrons. The van der Waals surface area contributed by atoms with Crippen LogP contribution in [0.5, 0.6) is 0 Å². The summed E-state index contributed by atoms with van der Waals surface area (Å²) in [4.78, 5) is 10.8. The van der Waals surface area contributed by atoms with Gasteiger partial charge in [-0.1, -0.05) is 17.7 Å². The fourth-order valence-electron chi connectivity index (χ4n) is 3.07. The first-order valence-electron chi connectivity index (χ1n) is 8.13. The van der Waals surface area contributed by atoms with Crippen LogP contribution in [0, 0.1) is 6.92 Å². The predicted octanol–water partition coefficient (Wildman–Crippen LogP) is 1.60. The molecule has 0 bridgehead atoms. The van der Waals surface area contributed by atoms with Crippen LogP contribution >= 0.6 is 11.6 Å². The van der Waals surface area contributed by atoms with E-state index in [1.807, 2.05) is 13.0 Å². The minimum absolute atomic E-state index is 0.219. The molecule has 1 aliphatic heterocycles. The van der Waals surface area contributed by atoms with Crippen molar-refractivity contribution in [3.05, 3.63) is 47.4 Å². The number of piperazine rings is 1. The highest BCUT2D eigenvalue weighted by atomic mass is 35.5. The van der Waals surface area contributed by atoms with Crippen molar-refractivity contribution >= 4 is 33.2 Å². The van der Waals surface area contributed by atoms with Crippen molar-refractivity contribution in [1.82, 2.24) is 23.9 Å². The van der Waals surface area contributed by atoms with Crippen molar-refractivity contribution in [1.29, 1.82) is 0 Å². The van der Waals surface area contributed by atoms with Crippen molar-refractivity contribution in [3.8, 4) is 0 Å². The molecule has 0 N–H and O–H groups in total. The van der Waals surface area contributed by atoms with Gasteiger partial charge >= 0.3 is 0 Å². The number of hydrogen-bond donors (Lipinski definition) is 0. The highest BCUT2D eigenvalue weighted by molar-refractivity contribution is 7.89. The summed E-state index contributed by atoms with van der Waals surface area (Å²) in [5.41, 5.74) is 0.842. The second-order valence-corrected chi connectivity index (χ2v) is 8.45. The minimum atomic E-state index is -3.55. The first-order chi connectivity index (χ1) is 12.4. The summed E-state index contributed by atoms with van der Waals surface area (Å²) in [6.07, 6.45) is 1.46. The van der Waals surface area contributed by atoms with Gasteiger partial charge in [-0.25, -0.2) is 13.4 Å². The van der Waals surface area contributed by atoms with Crippen molar-refractivity contribution in [2.45, 2.75) is 11.8 Å². The van der Waals surface area contributed by atoms with Crippen molar-refractivity contribution in [2.24, 2.45) is 0 Å². The van der Waals surface area contributed by atoms with E-state index in [-0.39, 0.29) is 4.90 Å². The molecule has 10 heteroatoms. The molecule has 0 unspecified atom stereocenters. The van der Waals surface area contributed by atoms with Gasteiger partial charge in [0.25, 0.3) is 5.78 Å². The topological polar surface area (TPSA) is 83.7 Å². The third-order valence-corrected chi connectivity index (χ3v) is 6.49. The molecule has 0 saturated carbocycles. The first kappa shape index (κ1) is 17.2. The van der Waals surface area contributed by atoms with Gasteiger partial charge in [-0.3, -0.25) is 0 Å². The Morgan fingerprint density at radius 2 is 1.88 bits per heavy atom. The SMILES string of the molecule is Cc1cc(N2CCN(S(=O)(=O)c3cccc(Cl)c3)CC2)n2ncnc2n1. The molecule has 0 amide bonds. The molecule has 1 saturated heterocycles. The Hall–Kier alpha value is -2.23. The standard InChI is InChI=1S/C16H17ClN6O2S/c1-12-9-15(23-16(20-12)18-11-19-23)21-5-7-22(8-6-21)26(24,25)14-4-2-3-13(17)10-14/h2-4,9-11H,5-8H2,1H3. The lowest BCUT2D eigenvalue weighted by atomic mass is 10.3. The molecule has 0 aliphatic carbocycles. The number of halogens is 1. The van der Waals surface area contributed by atoms with Crippen LogP contribution in [0.15, 0.2) is 41.6 Å². The van der Waals surface area contributed by atoms with E-state index in [9.17, 15) is 8.42 Å². The lowest BCUT2D eigenvalue weighted by molar-refractivity contribution is 0.383. The van der Waals surface area contributed by atoms with E-state index in [0.29, 0.717) is 37.0 Å². The molecule has 1 aromatic carbocycles. The highest BCUT2D eigenvalue weighted by Crippen LogP contribution is 2.23. The van der Waals surface area contributed by atoms with Gasteiger partial charge in [-0.15, -0.1) is 0 Å². The highest BCUT2D eigenvalue weighted by Gasteiger charge is 2.29. The lowest BCUT2D eigenvalue weighted by Crippen LogP contribution is -2.49. The molecule has 8 nitrogen and oxygen atoms in total. The molecule has 1 fully saturated rings. The molecule has 26 heavy (non-hydrogen) atoms. The van der Waals surface area contributed by atoms with Gasteiger partial charge in [-0.2, -0.15) is 18.9 Å². The zero-order valence-corrected chi connectivity index (χ0v) is 15.7. The average molecular weight is 393 g/mol. The number of fused-ring (bicyclic) bond motifs is 1. The molecule has 0 atom stereocenters. The summed E-state index contributed by atoms with van der Waals surface area (Å²) in [5, 5.41) is 4.62. The Bertz CT molecular complexity index is 1060. The summed E-state index contributed by atoms with van der Waals surface area (Å²) >= 11 is 5.94. The smallest absolute Gasteiger partial charge is 0.254 e. The molecular formula is C16H17ClN6O2S. The Labute approximate surface area is 156 Å². The Morgan fingerprint density at radius 3 is 2.62 bits per heavy atom. The Balaban J connectivity index is 1.56. The number of hydrogen-bond acceptors (Lipinski definition) is 6. The normalized spacial score (nSPS) is 16.3. The van der Waals surface area contributed by atoms with E-state index in [1.54, 1.807) is 22.7 Å². The van der Waals surface area contributed by atoms with Crippen LogP contribution in [0.25, 0.3) is 5.78 Å². The number of anilines is 1. The molecular weight excluding hydrogens is 376 g/mol. The lowest BCUT2D eigenvalue weighted by Gasteiger charge is -2.35. The van der Waals surface area contributed by atoms with Gasteiger partial charge in [0.2, 0.25) is 10.0 Å². The van der Waals surface area contributed by atoms with Gasteiger partial charge in [0.1, 0.15) is 12.1 Å². The summed E-state index contributed by atoms with van der Waals surface area (Å²) in [7, 11) is -3.55. The first-order valence-corrected chi connectivity index (χ1v) is 9.95. The molecule has 1 aliphatic rings. The summed E-state index contributed by atoms with van der Waals surface area (Å²) in [5.74, 6) is 1.40. The van der Waals surface area contributed by atoms with Crippen molar-refractivity contribution in [2.75, 3.05) is 31.1 Å². The van der Waals surface area contributed by atoms with Gasteiger partial charge in [-0.05, 0) is 25.1 Å². The van der Waals surface area contributed by atoms with Crippen LogP contribution in [0.2, 0.25) is 5.02 Å². The summed E-state index contributed by atoms with van der Waals surface area (Å²) < 4.78 is 28.8. The van der Waals surface area contributed by atoms with Gasteiger partial charge in [0.15, 0.2) is 0 Å². The van der Waals surface area contributed by atoms with E-state index in [4.69, 9.17) is 11.6 Å². The number of rotatable bonds is 3. The number of sulfonamides is 1. The third kappa shape index (κ3) is 3.02. The van der Waals surface area contributed by atoms with Crippen LogP contribution in [0.4, 0.5) is 5.82 Å². The summed E-state index contributed by atoms with van der Waals surface area (Å²) in [6.45, 7) is 3.77. The average Bonchev–Trinajstić information content (AvgIpc) is 3.09. The van der Waals surface area contributed by atoms with E-state index < -0.39 is 10.0 Å². The maximum absolute atomic E-state index is 12.8. The fraction of sp³-hybridized carbons (Fsp3) is 0.312. The second kappa shape index (κ2) is 6.49. The quantitative estimate of drug-likeness (QED) is 0.673. The predicted molar refractivity (Wildman–Crippen MR) is 97.9 cm³/mol. The Morgan fingerprint density at radius 1 is 1.12 bits per heavy atom. The Kier molecular flexibility index (Phi) is 4.29. The van der Waals surface area contributed by atoms with Crippen LogP contribution in [0.1, 0.15) is 5.69 Å². The molecule has 136 valence electrons. The maximum Gasteiger partial charge on any atom is 0.254 e. The van der Waals surface area contributed by atoms with Gasteiger partial charge in [0, 0.05) is 43.0 Å². The third-order valence-electron chi connectivity index (χ3n) is 4.36. The van der Waals surface area contributed by atoms with E-state index in [0.717, 1.165) is 11.5 Å². The summed E-state index contributed by atoms with van der Waals surface area (Å²) in [6, 6.07) is 8.29. The van der Waals surface area contributed by atoms with Crippen LogP contribution < -0.4 is 4.90 Å². The number of aryl methyl sites for hydroxylation is 1. The molecule has 0 spiro atoms. The fourth-order valence-corrected chi connectivity index (χ4v) is 4.79. The van der Waals surface area contributed by atoms with E-state index in [1.165, 1.54) is 16.7 Å². The van der Waals surface area contributed by atoms with Crippen LogP contribution in [-0.4, -0.2) is 58.5 Å². The minimum Gasteiger partial charge on any atom is -0.354 e. The zero-order valence-electron chi connectivity index (χ0n) is 14.1. The number of aromatic nitrogens is 4. The maximum atomic E-state index is 12.8. The van der Waals surface area contributed by atoms with E-state index >= 15 is 0 Å². The van der Waals surface area contributed by atoms with Gasteiger partial charge in [0.05, 0.1) is 4.90 Å². The van der Waals surface area contributed by atoms with Crippen molar-refractivity contribution < 1.29 is 8.42 Å². The monoisotopic (exact) mass is 392 g/mol. The molecule has 3 aromatic rings. The van der Waals surface area contributed by atoms with Crippen LogP contribution in [-0.2, 0) is 10.0 Å².